The molecular weight excluding hydrogens is 215 g/mol. The highest BCUT2D eigenvalue weighted by Gasteiger charge is 2.36. The Hall–Kier alpha value is -1.03. The second-order valence-electron chi connectivity index (χ2n) is 3.65. The molecule has 15 heavy (non-hydrogen) atoms. The Morgan fingerprint density at radius 3 is 2.60 bits per heavy atom. The highest BCUT2D eigenvalue weighted by atomic mass is 32.2. The Balaban J connectivity index is 2.05. The highest BCUT2D eigenvalue weighted by molar-refractivity contribution is 8.06. The summed E-state index contributed by atoms with van der Waals surface area (Å²) in [6, 6.07) is 6.04. The Bertz CT molecular complexity index is 359. The van der Waals surface area contributed by atoms with Gasteiger partial charge in [0.25, 0.3) is 0 Å². The first kappa shape index (κ1) is 10.5. The SMILES string of the molecule is O=C(O)[C@@H](Cc1ccc(F)cc1)[C@H]1CS1. The molecule has 0 saturated carbocycles. The molecule has 1 N–H and O–H groups in total. The molecule has 1 heterocycles. The summed E-state index contributed by atoms with van der Waals surface area (Å²) >= 11 is 1.67. The highest BCUT2D eigenvalue weighted by Crippen LogP contribution is 2.38. The molecule has 1 fully saturated rings. The average Bonchev–Trinajstić information content (AvgIpc) is 3.00. The van der Waals surface area contributed by atoms with E-state index >= 15 is 0 Å². The molecule has 1 aromatic rings. The van der Waals surface area contributed by atoms with Crippen LogP contribution in [0.4, 0.5) is 4.39 Å². The monoisotopic (exact) mass is 226 g/mol. The van der Waals surface area contributed by atoms with Gasteiger partial charge in [-0.15, -0.1) is 0 Å². The number of carboxylic acids is 1. The lowest BCUT2D eigenvalue weighted by molar-refractivity contribution is -0.141. The zero-order valence-corrected chi connectivity index (χ0v) is 8.84. The molecule has 1 aliphatic rings. The Morgan fingerprint density at radius 1 is 1.53 bits per heavy atom. The zero-order valence-electron chi connectivity index (χ0n) is 8.02. The van der Waals surface area contributed by atoms with Gasteiger partial charge in [-0.2, -0.15) is 11.8 Å². The van der Waals surface area contributed by atoms with Crippen molar-refractivity contribution < 1.29 is 14.3 Å². The van der Waals surface area contributed by atoms with Gasteiger partial charge in [-0.1, -0.05) is 12.1 Å². The van der Waals surface area contributed by atoms with Crippen molar-refractivity contribution in [2.75, 3.05) is 5.75 Å². The van der Waals surface area contributed by atoms with Gasteiger partial charge in [0, 0.05) is 11.0 Å². The molecule has 1 aliphatic heterocycles. The van der Waals surface area contributed by atoms with Crippen LogP contribution in [-0.4, -0.2) is 22.1 Å². The van der Waals surface area contributed by atoms with Gasteiger partial charge in [0.1, 0.15) is 5.82 Å². The minimum absolute atomic E-state index is 0.243. The van der Waals surface area contributed by atoms with Gasteiger partial charge in [-0.25, -0.2) is 4.39 Å². The van der Waals surface area contributed by atoms with E-state index in [1.165, 1.54) is 12.1 Å². The van der Waals surface area contributed by atoms with Gasteiger partial charge in [-0.05, 0) is 24.1 Å². The van der Waals surface area contributed by atoms with Crippen LogP contribution in [0.15, 0.2) is 24.3 Å². The van der Waals surface area contributed by atoms with Crippen molar-refractivity contribution in [2.45, 2.75) is 11.7 Å². The minimum atomic E-state index is -0.755. The molecule has 2 rings (SSSR count). The lowest BCUT2D eigenvalue weighted by Crippen LogP contribution is -2.21. The van der Waals surface area contributed by atoms with Gasteiger partial charge in [0.05, 0.1) is 5.92 Å². The molecule has 0 radical (unpaired) electrons. The standard InChI is InChI=1S/C11H11FO2S/c12-8-3-1-7(2-4-8)5-9(11(13)14)10-6-15-10/h1-4,9-10H,5-6H2,(H,13,14)/t9-,10+/m0/s1. The number of aliphatic carboxylic acids is 1. The Morgan fingerprint density at radius 2 is 2.13 bits per heavy atom. The van der Waals surface area contributed by atoms with E-state index in [1.54, 1.807) is 23.9 Å². The van der Waals surface area contributed by atoms with Crippen LogP contribution in [0.1, 0.15) is 5.56 Å². The summed E-state index contributed by atoms with van der Waals surface area (Å²) in [6.45, 7) is 0. The van der Waals surface area contributed by atoms with Gasteiger partial charge >= 0.3 is 5.97 Å². The first-order chi connectivity index (χ1) is 7.16. The molecule has 4 heteroatoms. The van der Waals surface area contributed by atoms with E-state index in [0.717, 1.165) is 11.3 Å². The van der Waals surface area contributed by atoms with E-state index in [9.17, 15) is 9.18 Å². The number of benzene rings is 1. The maximum Gasteiger partial charge on any atom is 0.307 e. The van der Waals surface area contributed by atoms with Gasteiger partial charge in [0.2, 0.25) is 0 Å². The summed E-state index contributed by atoms with van der Waals surface area (Å²) < 4.78 is 12.6. The van der Waals surface area contributed by atoms with Crippen LogP contribution in [0.2, 0.25) is 0 Å². The lowest BCUT2D eigenvalue weighted by Gasteiger charge is -2.09. The quantitative estimate of drug-likeness (QED) is 0.799. The van der Waals surface area contributed by atoms with Crippen molar-refractivity contribution in [3.8, 4) is 0 Å². The van der Waals surface area contributed by atoms with E-state index < -0.39 is 5.97 Å². The Labute approximate surface area is 91.5 Å². The van der Waals surface area contributed by atoms with Crippen molar-refractivity contribution in [3.05, 3.63) is 35.6 Å². The number of hydrogen-bond acceptors (Lipinski definition) is 2. The fourth-order valence-electron chi connectivity index (χ4n) is 1.54. The second-order valence-corrected chi connectivity index (χ2v) is 4.92. The lowest BCUT2D eigenvalue weighted by atomic mass is 9.97. The third kappa shape index (κ3) is 2.72. The van der Waals surface area contributed by atoms with Crippen LogP contribution in [0, 0.1) is 11.7 Å². The number of halogens is 1. The summed E-state index contributed by atoms with van der Waals surface area (Å²) in [5, 5.41) is 9.26. The topological polar surface area (TPSA) is 37.3 Å². The molecule has 2 atom stereocenters. The summed E-state index contributed by atoms with van der Waals surface area (Å²) in [5.41, 5.74) is 0.885. The zero-order chi connectivity index (χ0) is 10.8. The maximum absolute atomic E-state index is 12.6. The molecule has 0 unspecified atom stereocenters. The van der Waals surface area contributed by atoms with Gasteiger partial charge in [-0.3, -0.25) is 4.79 Å². The third-order valence-electron chi connectivity index (χ3n) is 2.49. The molecular formula is C11H11FO2S. The number of carbonyl (C=O) groups is 1. The van der Waals surface area contributed by atoms with Crippen molar-refractivity contribution in [2.24, 2.45) is 5.92 Å². The van der Waals surface area contributed by atoms with E-state index in [2.05, 4.69) is 0 Å². The number of thioether (sulfide) groups is 1. The van der Waals surface area contributed by atoms with Gasteiger partial charge in [0.15, 0.2) is 0 Å². The van der Waals surface area contributed by atoms with Crippen LogP contribution in [0.25, 0.3) is 0 Å². The third-order valence-corrected chi connectivity index (χ3v) is 3.54. The van der Waals surface area contributed by atoms with Crippen molar-refractivity contribution in [1.29, 1.82) is 0 Å². The minimum Gasteiger partial charge on any atom is -0.481 e. The summed E-state index contributed by atoms with van der Waals surface area (Å²) in [4.78, 5) is 11.0. The predicted molar refractivity (Wildman–Crippen MR) is 57.5 cm³/mol. The second kappa shape index (κ2) is 4.23. The van der Waals surface area contributed by atoms with Crippen LogP contribution in [0.3, 0.4) is 0 Å². The number of rotatable bonds is 4. The van der Waals surface area contributed by atoms with Crippen molar-refractivity contribution in [1.82, 2.24) is 0 Å². The average molecular weight is 226 g/mol. The largest absolute Gasteiger partial charge is 0.481 e. The first-order valence-electron chi connectivity index (χ1n) is 4.75. The molecule has 0 aromatic heterocycles. The van der Waals surface area contributed by atoms with E-state index in [-0.39, 0.29) is 17.0 Å². The smallest absolute Gasteiger partial charge is 0.307 e. The van der Waals surface area contributed by atoms with E-state index in [4.69, 9.17) is 5.11 Å². The van der Waals surface area contributed by atoms with E-state index in [1.807, 2.05) is 0 Å². The normalized spacial score (nSPS) is 21.0. The number of hydrogen-bond donors (Lipinski definition) is 1. The van der Waals surface area contributed by atoms with Crippen LogP contribution in [0.5, 0.6) is 0 Å². The number of carboxylic acid groups (broad SMARTS) is 1. The summed E-state index contributed by atoms with van der Waals surface area (Å²) in [6.07, 6.45) is 0.493. The molecule has 1 aromatic carbocycles. The van der Waals surface area contributed by atoms with Crippen LogP contribution in [-0.2, 0) is 11.2 Å². The molecule has 80 valence electrons. The molecule has 0 aliphatic carbocycles. The van der Waals surface area contributed by atoms with E-state index in [0.29, 0.717) is 6.42 Å². The van der Waals surface area contributed by atoms with Crippen LogP contribution < -0.4 is 0 Å². The van der Waals surface area contributed by atoms with Gasteiger partial charge < -0.3 is 5.11 Å². The fourth-order valence-corrected chi connectivity index (χ4v) is 2.33. The maximum atomic E-state index is 12.6. The summed E-state index contributed by atoms with van der Waals surface area (Å²) in [5.74, 6) is -0.445. The molecule has 1 saturated heterocycles. The molecule has 0 bridgehead atoms. The Kier molecular flexibility index (Phi) is 2.95. The predicted octanol–water partition coefficient (Wildman–Crippen LogP) is 2.18. The van der Waals surface area contributed by atoms with Crippen molar-refractivity contribution in [3.63, 3.8) is 0 Å². The fraction of sp³-hybridized carbons (Fsp3) is 0.364. The molecule has 0 spiro atoms. The molecule has 0 amide bonds. The summed E-state index contributed by atoms with van der Waals surface area (Å²) in [7, 11) is 0. The van der Waals surface area contributed by atoms with Crippen LogP contribution >= 0.6 is 11.8 Å². The first-order valence-corrected chi connectivity index (χ1v) is 5.80. The van der Waals surface area contributed by atoms with Crippen molar-refractivity contribution >= 4 is 17.7 Å². The molecule has 2 nitrogen and oxygen atoms in total.